The normalized spacial score (nSPS) is 11.6. The van der Waals surface area contributed by atoms with E-state index in [-0.39, 0.29) is 16.5 Å². The first kappa shape index (κ1) is 27.0. The third kappa shape index (κ3) is 7.18. The standard InChI is InChI=1S/C23H23ClFN5O5S/c1-3-35-19-8-17-14(22(27-11-26-17)29-13-4-5-16(25)15(24)6-13)7-18(19)30-23(34)12(2)28-20(31)9-36-10-21(32)33/h4-8,11-12H,3,9-10H2,1-2H3,(H,28,31)(H,30,34)(H,32,33)(H,26,27,29)/t12-/m1/s1. The smallest absolute Gasteiger partial charge is 0.313 e. The zero-order valence-corrected chi connectivity index (χ0v) is 20.9. The highest BCUT2D eigenvalue weighted by atomic mass is 35.5. The number of thioether (sulfide) groups is 1. The topological polar surface area (TPSA) is 143 Å². The van der Waals surface area contributed by atoms with E-state index in [0.717, 1.165) is 11.8 Å². The maximum Gasteiger partial charge on any atom is 0.313 e. The van der Waals surface area contributed by atoms with Gasteiger partial charge in [-0.3, -0.25) is 14.4 Å². The van der Waals surface area contributed by atoms with Crippen molar-refractivity contribution < 1.29 is 28.6 Å². The van der Waals surface area contributed by atoms with Crippen molar-refractivity contribution in [1.29, 1.82) is 0 Å². The molecule has 0 aliphatic heterocycles. The summed E-state index contributed by atoms with van der Waals surface area (Å²) in [5.74, 6) is -2.12. The van der Waals surface area contributed by atoms with Gasteiger partial charge >= 0.3 is 5.97 Å². The predicted molar refractivity (Wildman–Crippen MR) is 137 cm³/mol. The molecule has 0 radical (unpaired) electrons. The number of rotatable bonds is 11. The van der Waals surface area contributed by atoms with Crippen molar-refractivity contribution >= 4 is 69.2 Å². The van der Waals surface area contributed by atoms with Crippen LogP contribution in [0.4, 0.5) is 21.6 Å². The van der Waals surface area contributed by atoms with Crippen molar-refractivity contribution in [1.82, 2.24) is 15.3 Å². The second-order valence-corrected chi connectivity index (χ2v) is 8.83. The van der Waals surface area contributed by atoms with E-state index in [9.17, 15) is 18.8 Å². The predicted octanol–water partition coefficient (Wildman–Crippen LogP) is 3.83. The Morgan fingerprint density at radius 2 is 1.97 bits per heavy atom. The van der Waals surface area contributed by atoms with Gasteiger partial charge in [-0.05, 0) is 38.1 Å². The van der Waals surface area contributed by atoms with E-state index in [2.05, 4.69) is 25.9 Å². The molecule has 190 valence electrons. The van der Waals surface area contributed by atoms with Crippen LogP contribution in [0.25, 0.3) is 10.9 Å². The van der Waals surface area contributed by atoms with Crippen molar-refractivity contribution in [3.05, 3.63) is 47.5 Å². The van der Waals surface area contributed by atoms with Crippen LogP contribution in [0, 0.1) is 5.82 Å². The Morgan fingerprint density at radius 1 is 1.19 bits per heavy atom. The lowest BCUT2D eigenvalue weighted by molar-refractivity contribution is -0.133. The molecular weight excluding hydrogens is 513 g/mol. The number of ether oxygens (including phenoxy) is 1. The largest absolute Gasteiger partial charge is 0.492 e. The lowest BCUT2D eigenvalue weighted by atomic mass is 10.1. The number of fused-ring (bicyclic) bond motifs is 1. The van der Waals surface area contributed by atoms with E-state index in [0.29, 0.717) is 40.5 Å². The Hall–Kier alpha value is -3.64. The van der Waals surface area contributed by atoms with Gasteiger partial charge in [0, 0.05) is 17.1 Å². The second kappa shape index (κ2) is 12.4. The van der Waals surface area contributed by atoms with Crippen LogP contribution in [0.5, 0.6) is 5.75 Å². The van der Waals surface area contributed by atoms with Crippen LogP contribution in [-0.4, -0.2) is 57.0 Å². The number of nitrogens with one attached hydrogen (secondary N) is 3. The molecule has 3 rings (SSSR count). The molecule has 0 bridgehead atoms. The summed E-state index contributed by atoms with van der Waals surface area (Å²) in [4.78, 5) is 43.9. The van der Waals surface area contributed by atoms with Crippen molar-refractivity contribution in [2.45, 2.75) is 19.9 Å². The van der Waals surface area contributed by atoms with Gasteiger partial charge in [0.1, 0.15) is 29.8 Å². The lowest BCUT2D eigenvalue weighted by Gasteiger charge is -2.17. The van der Waals surface area contributed by atoms with Crippen molar-refractivity contribution in [2.75, 3.05) is 28.7 Å². The molecule has 0 unspecified atom stereocenters. The molecule has 0 spiro atoms. The van der Waals surface area contributed by atoms with Crippen LogP contribution in [0.1, 0.15) is 13.8 Å². The molecule has 1 heterocycles. The molecule has 1 aromatic heterocycles. The minimum absolute atomic E-state index is 0.0534. The Balaban J connectivity index is 1.83. The average molecular weight is 536 g/mol. The summed E-state index contributed by atoms with van der Waals surface area (Å²) >= 11 is 6.80. The summed E-state index contributed by atoms with van der Waals surface area (Å²) in [5, 5.41) is 17.5. The van der Waals surface area contributed by atoms with Crippen LogP contribution in [-0.2, 0) is 14.4 Å². The van der Waals surface area contributed by atoms with Gasteiger partial charge in [0.2, 0.25) is 11.8 Å². The fraction of sp³-hybridized carbons (Fsp3) is 0.261. The molecule has 1 atom stereocenters. The maximum absolute atomic E-state index is 13.5. The molecule has 0 fully saturated rings. The van der Waals surface area contributed by atoms with Crippen molar-refractivity contribution in [2.24, 2.45) is 0 Å². The molecule has 36 heavy (non-hydrogen) atoms. The molecule has 2 amide bonds. The lowest BCUT2D eigenvalue weighted by Crippen LogP contribution is -2.42. The van der Waals surface area contributed by atoms with Gasteiger partial charge in [0.25, 0.3) is 0 Å². The summed E-state index contributed by atoms with van der Waals surface area (Å²) in [7, 11) is 0. The van der Waals surface area contributed by atoms with Crippen LogP contribution in [0.2, 0.25) is 5.02 Å². The zero-order valence-electron chi connectivity index (χ0n) is 19.3. The molecule has 10 nitrogen and oxygen atoms in total. The molecule has 4 N–H and O–H groups in total. The maximum atomic E-state index is 13.5. The van der Waals surface area contributed by atoms with Crippen molar-refractivity contribution in [3.8, 4) is 5.75 Å². The summed E-state index contributed by atoms with van der Waals surface area (Å²) < 4.78 is 19.2. The first-order valence-corrected chi connectivity index (χ1v) is 12.2. The van der Waals surface area contributed by atoms with E-state index in [1.54, 1.807) is 19.1 Å². The number of anilines is 3. The fourth-order valence-corrected chi connectivity index (χ4v) is 3.81. The molecule has 0 saturated carbocycles. The van der Waals surface area contributed by atoms with Gasteiger partial charge in [-0.15, -0.1) is 11.8 Å². The first-order valence-electron chi connectivity index (χ1n) is 10.7. The summed E-state index contributed by atoms with van der Waals surface area (Å²) in [6, 6.07) is 6.52. The molecule has 13 heteroatoms. The summed E-state index contributed by atoms with van der Waals surface area (Å²) in [6.45, 7) is 3.62. The van der Waals surface area contributed by atoms with E-state index >= 15 is 0 Å². The number of carbonyl (C=O) groups is 3. The van der Waals surface area contributed by atoms with Crippen LogP contribution >= 0.6 is 23.4 Å². The SMILES string of the molecule is CCOc1cc2ncnc(Nc3ccc(F)c(Cl)c3)c2cc1NC(=O)[C@@H](C)NC(=O)CSCC(=O)O. The highest BCUT2D eigenvalue weighted by Gasteiger charge is 2.19. The Labute approximate surface area is 215 Å². The Morgan fingerprint density at radius 3 is 2.67 bits per heavy atom. The highest BCUT2D eigenvalue weighted by molar-refractivity contribution is 8.00. The minimum Gasteiger partial charge on any atom is -0.492 e. The Kier molecular flexibility index (Phi) is 9.25. The number of halogens is 2. The van der Waals surface area contributed by atoms with Gasteiger partial charge < -0.3 is 25.8 Å². The number of nitrogens with zero attached hydrogens (tertiary/aromatic N) is 2. The van der Waals surface area contributed by atoms with Gasteiger partial charge in [0.05, 0.1) is 34.3 Å². The number of benzene rings is 2. The van der Waals surface area contributed by atoms with E-state index in [1.807, 2.05) is 0 Å². The van der Waals surface area contributed by atoms with Gasteiger partial charge in [-0.25, -0.2) is 14.4 Å². The number of carbonyl (C=O) groups excluding carboxylic acids is 2. The molecular formula is C23H23ClFN5O5S. The highest BCUT2D eigenvalue weighted by Crippen LogP contribution is 2.34. The quantitative estimate of drug-likeness (QED) is 0.288. The minimum atomic E-state index is -1.03. The summed E-state index contributed by atoms with van der Waals surface area (Å²) in [6.07, 6.45) is 1.35. The van der Waals surface area contributed by atoms with Gasteiger partial charge in [0.15, 0.2) is 0 Å². The van der Waals surface area contributed by atoms with Crippen LogP contribution < -0.4 is 20.7 Å². The fourth-order valence-electron chi connectivity index (χ4n) is 3.09. The van der Waals surface area contributed by atoms with Gasteiger partial charge in [-0.2, -0.15) is 0 Å². The zero-order chi connectivity index (χ0) is 26.2. The number of carboxylic acids is 1. The number of carboxylic acid groups (broad SMARTS) is 1. The third-order valence-corrected chi connectivity index (χ3v) is 5.91. The van der Waals surface area contributed by atoms with E-state index in [1.165, 1.54) is 31.5 Å². The first-order chi connectivity index (χ1) is 17.2. The molecule has 3 aromatic rings. The number of hydrogen-bond donors (Lipinski definition) is 4. The molecule has 0 saturated heterocycles. The number of hydrogen-bond acceptors (Lipinski definition) is 8. The number of amides is 2. The van der Waals surface area contributed by atoms with E-state index < -0.39 is 29.6 Å². The van der Waals surface area contributed by atoms with Crippen LogP contribution in [0.3, 0.4) is 0 Å². The molecule has 0 aliphatic carbocycles. The Bertz CT molecular complexity index is 1300. The number of aromatic nitrogens is 2. The second-order valence-electron chi connectivity index (χ2n) is 7.44. The number of aliphatic carboxylic acids is 1. The molecule has 0 aliphatic rings. The molecule has 2 aromatic carbocycles. The summed E-state index contributed by atoms with van der Waals surface area (Å²) in [5.41, 5.74) is 1.35. The average Bonchev–Trinajstić information content (AvgIpc) is 2.82. The third-order valence-electron chi connectivity index (χ3n) is 4.71. The van der Waals surface area contributed by atoms with E-state index in [4.69, 9.17) is 21.4 Å². The van der Waals surface area contributed by atoms with Crippen LogP contribution in [0.15, 0.2) is 36.7 Å². The monoisotopic (exact) mass is 535 g/mol. The van der Waals surface area contributed by atoms with Crippen molar-refractivity contribution in [3.63, 3.8) is 0 Å². The van der Waals surface area contributed by atoms with Gasteiger partial charge in [-0.1, -0.05) is 11.6 Å².